The summed E-state index contributed by atoms with van der Waals surface area (Å²) in [6, 6.07) is 6.43. The number of hydrogen-bond acceptors (Lipinski definition) is 1. The van der Waals surface area contributed by atoms with Crippen molar-refractivity contribution in [1.82, 2.24) is 0 Å². The van der Waals surface area contributed by atoms with E-state index in [1.54, 1.807) is 0 Å². The molecule has 1 heteroatoms. The first-order chi connectivity index (χ1) is 8.94. The first-order valence-electron chi connectivity index (χ1n) is 7.21. The van der Waals surface area contributed by atoms with Crippen molar-refractivity contribution in [3.05, 3.63) is 52.7 Å². The summed E-state index contributed by atoms with van der Waals surface area (Å²) in [4.78, 5) is 0. The predicted molar refractivity (Wildman–Crippen MR) is 90.6 cm³/mol. The fraction of sp³-hybridized carbons (Fsp3) is 0.474. The minimum atomic E-state index is -0.00877. The molecule has 0 heterocycles. The highest BCUT2D eigenvalue weighted by molar-refractivity contribution is 5.64. The summed E-state index contributed by atoms with van der Waals surface area (Å²) in [7, 11) is 0. The van der Waals surface area contributed by atoms with Crippen LogP contribution in [0.4, 0.5) is 0 Å². The first kappa shape index (κ1) is 16.6. The van der Waals surface area contributed by atoms with E-state index < -0.39 is 0 Å². The smallest absolute Gasteiger partial charge is 0.0352 e. The molecule has 110 valence electrons. The molecular formula is C19H29N. The quantitative estimate of drug-likeness (QED) is 0.736. The van der Waals surface area contributed by atoms with Crippen LogP contribution in [0.25, 0.3) is 6.08 Å². The van der Waals surface area contributed by atoms with Crippen LogP contribution in [0.15, 0.2) is 36.0 Å². The normalized spacial score (nSPS) is 13.4. The average molecular weight is 271 g/mol. The zero-order chi connectivity index (χ0) is 15.7. The lowest BCUT2D eigenvalue weighted by atomic mass is 9.80. The van der Waals surface area contributed by atoms with Gasteiger partial charge >= 0.3 is 0 Å². The third-order valence-electron chi connectivity index (χ3n) is 3.69. The molecule has 0 spiro atoms. The summed E-state index contributed by atoms with van der Waals surface area (Å²) in [5.74, 6) is 0. The molecule has 0 saturated heterocycles. The Kier molecular flexibility index (Phi) is 4.53. The second kappa shape index (κ2) is 5.47. The summed E-state index contributed by atoms with van der Waals surface area (Å²) in [6.45, 7) is 19.4. The van der Waals surface area contributed by atoms with Gasteiger partial charge in [0.15, 0.2) is 0 Å². The van der Waals surface area contributed by atoms with Crippen LogP contribution >= 0.6 is 0 Å². The van der Waals surface area contributed by atoms with Crippen molar-refractivity contribution in [2.24, 2.45) is 11.1 Å². The third-order valence-corrected chi connectivity index (χ3v) is 3.69. The molecule has 0 bridgehead atoms. The van der Waals surface area contributed by atoms with Crippen LogP contribution in [0.1, 0.15) is 58.2 Å². The lowest BCUT2D eigenvalue weighted by Gasteiger charge is -2.25. The van der Waals surface area contributed by atoms with E-state index in [0.29, 0.717) is 0 Å². The van der Waals surface area contributed by atoms with E-state index in [2.05, 4.69) is 79.3 Å². The first-order valence-corrected chi connectivity index (χ1v) is 7.21. The van der Waals surface area contributed by atoms with E-state index in [4.69, 9.17) is 5.73 Å². The molecule has 0 aliphatic carbocycles. The Balaban J connectivity index is 3.38. The van der Waals surface area contributed by atoms with Crippen molar-refractivity contribution in [1.29, 1.82) is 0 Å². The van der Waals surface area contributed by atoms with Gasteiger partial charge in [-0.15, -0.1) is 0 Å². The summed E-state index contributed by atoms with van der Waals surface area (Å²) < 4.78 is 0. The van der Waals surface area contributed by atoms with Gasteiger partial charge in [-0.1, -0.05) is 66.3 Å². The Morgan fingerprint density at radius 2 is 1.65 bits per heavy atom. The topological polar surface area (TPSA) is 26.0 Å². The van der Waals surface area contributed by atoms with Crippen molar-refractivity contribution in [2.75, 3.05) is 0 Å². The van der Waals surface area contributed by atoms with Crippen LogP contribution in [-0.2, 0) is 5.41 Å². The SMILES string of the molecule is C=C(/C(N)=C\c1c(C)cccc1C(C)(C)C)C(C)(C)C. The molecule has 1 aromatic rings. The lowest BCUT2D eigenvalue weighted by Crippen LogP contribution is -2.17. The van der Waals surface area contributed by atoms with Crippen LogP contribution in [0.5, 0.6) is 0 Å². The van der Waals surface area contributed by atoms with Crippen LogP contribution in [0.2, 0.25) is 0 Å². The Hall–Kier alpha value is -1.50. The molecule has 1 nitrogen and oxygen atoms in total. The number of hydrogen-bond donors (Lipinski definition) is 1. The van der Waals surface area contributed by atoms with E-state index in [9.17, 15) is 0 Å². The molecule has 0 atom stereocenters. The van der Waals surface area contributed by atoms with Crippen LogP contribution in [0.3, 0.4) is 0 Å². The van der Waals surface area contributed by atoms with E-state index >= 15 is 0 Å². The molecular weight excluding hydrogens is 242 g/mol. The largest absolute Gasteiger partial charge is 0.398 e. The van der Waals surface area contributed by atoms with Crippen LogP contribution < -0.4 is 5.73 Å². The summed E-state index contributed by atoms with van der Waals surface area (Å²) in [5.41, 5.74) is 11.9. The average Bonchev–Trinajstić information content (AvgIpc) is 2.27. The minimum Gasteiger partial charge on any atom is -0.398 e. The van der Waals surface area contributed by atoms with E-state index in [1.165, 1.54) is 16.7 Å². The van der Waals surface area contributed by atoms with Crippen molar-refractivity contribution in [2.45, 2.75) is 53.9 Å². The van der Waals surface area contributed by atoms with Crippen molar-refractivity contribution < 1.29 is 0 Å². The van der Waals surface area contributed by atoms with E-state index in [0.717, 1.165) is 11.3 Å². The fourth-order valence-electron chi connectivity index (χ4n) is 2.20. The molecule has 0 aromatic heterocycles. The summed E-state index contributed by atoms with van der Waals surface area (Å²) >= 11 is 0. The second-order valence-corrected chi connectivity index (χ2v) is 7.61. The molecule has 2 N–H and O–H groups in total. The third kappa shape index (κ3) is 3.75. The monoisotopic (exact) mass is 271 g/mol. The molecule has 0 amide bonds. The van der Waals surface area contributed by atoms with Gasteiger partial charge in [0.05, 0.1) is 0 Å². The highest BCUT2D eigenvalue weighted by atomic mass is 14.6. The lowest BCUT2D eigenvalue weighted by molar-refractivity contribution is 0.512. The molecule has 0 aliphatic heterocycles. The van der Waals surface area contributed by atoms with Gasteiger partial charge in [0, 0.05) is 5.70 Å². The Bertz CT molecular complexity index is 534. The highest BCUT2D eigenvalue weighted by Gasteiger charge is 2.20. The van der Waals surface area contributed by atoms with E-state index in [-0.39, 0.29) is 10.8 Å². The number of nitrogens with two attached hydrogens (primary N) is 1. The van der Waals surface area contributed by atoms with Gasteiger partial charge in [0.1, 0.15) is 0 Å². The highest BCUT2D eigenvalue weighted by Crippen LogP contribution is 2.32. The maximum Gasteiger partial charge on any atom is 0.0352 e. The van der Waals surface area contributed by atoms with Crippen molar-refractivity contribution in [3.63, 3.8) is 0 Å². The van der Waals surface area contributed by atoms with Gasteiger partial charge in [-0.25, -0.2) is 0 Å². The van der Waals surface area contributed by atoms with Gasteiger partial charge in [-0.05, 0) is 46.1 Å². The second-order valence-electron chi connectivity index (χ2n) is 7.61. The number of allylic oxidation sites excluding steroid dienone is 1. The number of rotatable bonds is 2. The fourth-order valence-corrected chi connectivity index (χ4v) is 2.20. The summed E-state index contributed by atoms with van der Waals surface area (Å²) in [5, 5.41) is 0. The molecule has 0 saturated carbocycles. The number of aryl methyl sites for hydroxylation is 1. The molecule has 0 radical (unpaired) electrons. The number of benzene rings is 1. The van der Waals surface area contributed by atoms with Crippen LogP contribution in [0, 0.1) is 12.3 Å². The molecule has 1 rings (SSSR count). The standard InChI is InChI=1S/C19H29N/c1-13-10-9-11-16(19(6,7)8)15(13)12-17(20)14(2)18(3,4)5/h9-12H,2,20H2,1,3-8H3/b17-12+. The van der Waals surface area contributed by atoms with Crippen molar-refractivity contribution in [3.8, 4) is 0 Å². The zero-order valence-corrected chi connectivity index (χ0v) is 14.1. The molecule has 20 heavy (non-hydrogen) atoms. The molecule has 1 aromatic carbocycles. The Labute approximate surface area is 124 Å². The maximum absolute atomic E-state index is 6.28. The predicted octanol–water partition coefficient (Wildman–Crippen LogP) is 5.19. The van der Waals surface area contributed by atoms with Gasteiger partial charge in [0.2, 0.25) is 0 Å². The van der Waals surface area contributed by atoms with E-state index in [1.807, 2.05) is 0 Å². The van der Waals surface area contributed by atoms with Gasteiger partial charge < -0.3 is 5.73 Å². The molecule has 0 aliphatic rings. The zero-order valence-electron chi connectivity index (χ0n) is 14.1. The molecule has 0 fully saturated rings. The van der Waals surface area contributed by atoms with Gasteiger partial charge in [-0.2, -0.15) is 0 Å². The maximum atomic E-state index is 6.28. The van der Waals surface area contributed by atoms with Gasteiger partial charge in [-0.3, -0.25) is 0 Å². The summed E-state index contributed by atoms with van der Waals surface area (Å²) in [6.07, 6.45) is 2.09. The van der Waals surface area contributed by atoms with Crippen molar-refractivity contribution >= 4 is 6.08 Å². The van der Waals surface area contributed by atoms with Gasteiger partial charge in [0.25, 0.3) is 0 Å². The Morgan fingerprint density at radius 1 is 1.10 bits per heavy atom. The Morgan fingerprint density at radius 3 is 2.10 bits per heavy atom. The minimum absolute atomic E-state index is 0.00877. The molecule has 0 unspecified atom stereocenters. The van der Waals surface area contributed by atoms with Crippen LogP contribution in [-0.4, -0.2) is 0 Å².